The van der Waals surface area contributed by atoms with E-state index in [0.29, 0.717) is 5.56 Å². The van der Waals surface area contributed by atoms with Gasteiger partial charge in [0.15, 0.2) is 0 Å². The van der Waals surface area contributed by atoms with Gasteiger partial charge >= 0.3 is 5.97 Å². The molecule has 0 radical (unpaired) electrons. The Bertz CT molecular complexity index is 743. The van der Waals surface area contributed by atoms with E-state index >= 15 is 0 Å². The minimum absolute atomic E-state index is 0.395. The lowest BCUT2D eigenvalue weighted by molar-refractivity contribution is 0.0696. The number of piperazine rings is 1. The molecule has 0 bridgehead atoms. The maximum atomic E-state index is 11.4. The first-order chi connectivity index (χ1) is 11.0. The molecule has 124 valence electrons. The van der Waals surface area contributed by atoms with Crippen LogP contribution in [0.2, 0.25) is 0 Å². The third-order valence-corrected chi connectivity index (χ3v) is 5.09. The molecule has 0 spiro atoms. The summed E-state index contributed by atoms with van der Waals surface area (Å²) in [5, 5.41) is 13.9. The summed E-state index contributed by atoms with van der Waals surface area (Å²) in [7, 11) is 2.02. The standard InChI is InChI=1S/C18H25N3O2/c1-12-10-16-14(4-7-21-8-5-19-6-9-21)13(2)20(3)17(16)11-15(12)18(22)23/h10-11,19H,4-9H2,1-3H3,(H,22,23). The van der Waals surface area contributed by atoms with E-state index in [1.165, 1.54) is 16.6 Å². The van der Waals surface area contributed by atoms with Gasteiger partial charge in [-0.15, -0.1) is 0 Å². The number of carboxylic acids is 1. The first kappa shape index (κ1) is 16.0. The van der Waals surface area contributed by atoms with Gasteiger partial charge in [0, 0.05) is 56.4 Å². The number of benzene rings is 1. The summed E-state index contributed by atoms with van der Waals surface area (Å²) in [6, 6.07) is 3.85. The van der Waals surface area contributed by atoms with Gasteiger partial charge in [0.2, 0.25) is 0 Å². The van der Waals surface area contributed by atoms with Crippen LogP contribution in [0.25, 0.3) is 10.9 Å². The lowest BCUT2D eigenvalue weighted by Crippen LogP contribution is -2.44. The van der Waals surface area contributed by atoms with Gasteiger partial charge in [0.05, 0.1) is 5.56 Å². The van der Waals surface area contributed by atoms with Gasteiger partial charge in [-0.25, -0.2) is 4.79 Å². The highest BCUT2D eigenvalue weighted by Gasteiger charge is 2.17. The van der Waals surface area contributed by atoms with Gasteiger partial charge in [-0.2, -0.15) is 0 Å². The zero-order chi connectivity index (χ0) is 16.6. The maximum absolute atomic E-state index is 11.4. The first-order valence-corrected chi connectivity index (χ1v) is 8.24. The molecule has 0 saturated carbocycles. The van der Waals surface area contributed by atoms with Crippen molar-refractivity contribution in [3.8, 4) is 0 Å². The minimum atomic E-state index is -0.856. The Balaban J connectivity index is 1.94. The van der Waals surface area contributed by atoms with Crippen molar-refractivity contribution in [1.82, 2.24) is 14.8 Å². The fraction of sp³-hybridized carbons (Fsp3) is 0.500. The average molecular weight is 315 g/mol. The van der Waals surface area contributed by atoms with Gasteiger partial charge in [0.25, 0.3) is 0 Å². The second-order valence-electron chi connectivity index (χ2n) is 6.45. The zero-order valence-electron chi connectivity index (χ0n) is 14.1. The van der Waals surface area contributed by atoms with Crippen LogP contribution < -0.4 is 5.32 Å². The molecule has 2 N–H and O–H groups in total. The molecule has 5 nitrogen and oxygen atoms in total. The van der Waals surface area contributed by atoms with Crippen LogP contribution in [0.1, 0.15) is 27.2 Å². The van der Waals surface area contributed by atoms with Crippen LogP contribution in [-0.4, -0.2) is 53.3 Å². The quantitative estimate of drug-likeness (QED) is 0.905. The molecule has 1 fully saturated rings. The SMILES string of the molecule is Cc1cc2c(CCN3CCNCC3)c(C)n(C)c2cc1C(=O)O. The van der Waals surface area contributed by atoms with E-state index < -0.39 is 5.97 Å². The predicted octanol–water partition coefficient (Wildman–Crippen LogP) is 1.94. The van der Waals surface area contributed by atoms with Crippen molar-refractivity contribution in [1.29, 1.82) is 0 Å². The zero-order valence-corrected chi connectivity index (χ0v) is 14.1. The molecule has 1 saturated heterocycles. The topological polar surface area (TPSA) is 57.5 Å². The summed E-state index contributed by atoms with van der Waals surface area (Å²) in [5.41, 5.74) is 4.82. The van der Waals surface area contributed by atoms with E-state index in [0.717, 1.165) is 50.2 Å². The van der Waals surface area contributed by atoms with Crippen LogP contribution in [0, 0.1) is 13.8 Å². The summed E-state index contributed by atoms with van der Waals surface area (Å²) >= 11 is 0. The van der Waals surface area contributed by atoms with E-state index in [1.54, 1.807) is 0 Å². The smallest absolute Gasteiger partial charge is 0.336 e. The van der Waals surface area contributed by atoms with Crippen molar-refractivity contribution in [2.24, 2.45) is 7.05 Å². The Labute approximate surface area is 136 Å². The molecule has 0 aliphatic carbocycles. The Morgan fingerprint density at radius 3 is 2.61 bits per heavy atom. The Kier molecular flexibility index (Phi) is 4.41. The van der Waals surface area contributed by atoms with E-state index in [1.807, 2.05) is 26.1 Å². The van der Waals surface area contributed by atoms with Crippen molar-refractivity contribution in [2.75, 3.05) is 32.7 Å². The van der Waals surface area contributed by atoms with E-state index in [-0.39, 0.29) is 0 Å². The van der Waals surface area contributed by atoms with Crippen LogP contribution in [0.15, 0.2) is 12.1 Å². The lowest BCUT2D eigenvalue weighted by Gasteiger charge is -2.27. The molecule has 0 amide bonds. The number of fused-ring (bicyclic) bond motifs is 1. The molecule has 5 heteroatoms. The van der Waals surface area contributed by atoms with E-state index in [2.05, 4.69) is 21.7 Å². The second-order valence-corrected chi connectivity index (χ2v) is 6.45. The van der Waals surface area contributed by atoms with Crippen LogP contribution in [0.3, 0.4) is 0 Å². The number of nitrogens with one attached hydrogen (secondary N) is 1. The lowest BCUT2D eigenvalue weighted by atomic mass is 10.0. The minimum Gasteiger partial charge on any atom is -0.478 e. The molecule has 3 rings (SSSR count). The highest BCUT2D eigenvalue weighted by atomic mass is 16.4. The van der Waals surface area contributed by atoms with E-state index in [4.69, 9.17) is 0 Å². The maximum Gasteiger partial charge on any atom is 0.336 e. The van der Waals surface area contributed by atoms with Crippen molar-refractivity contribution >= 4 is 16.9 Å². The van der Waals surface area contributed by atoms with Gasteiger partial charge in [0.1, 0.15) is 0 Å². The van der Waals surface area contributed by atoms with Crippen molar-refractivity contribution in [2.45, 2.75) is 20.3 Å². The number of carbonyl (C=O) groups is 1. The Hall–Kier alpha value is -1.85. The summed E-state index contributed by atoms with van der Waals surface area (Å²) in [5.74, 6) is -0.856. The van der Waals surface area contributed by atoms with Gasteiger partial charge < -0.3 is 19.9 Å². The second kappa shape index (κ2) is 6.34. The number of aromatic nitrogens is 1. The summed E-state index contributed by atoms with van der Waals surface area (Å²) < 4.78 is 2.12. The number of aromatic carboxylic acids is 1. The summed E-state index contributed by atoms with van der Waals surface area (Å²) in [4.78, 5) is 13.9. The third-order valence-electron chi connectivity index (χ3n) is 5.09. The van der Waals surface area contributed by atoms with Crippen LogP contribution in [0.5, 0.6) is 0 Å². The van der Waals surface area contributed by atoms with Gasteiger partial charge in [-0.05, 0) is 43.5 Å². The molecule has 2 heterocycles. The monoisotopic (exact) mass is 315 g/mol. The van der Waals surface area contributed by atoms with E-state index in [9.17, 15) is 9.90 Å². The third kappa shape index (κ3) is 2.99. The summed E-state index contributed by atoms with van der Waals surface area (Å²) in [6.45, 7) is 9.40. The van der Waals surface area contributed by atoms with Crippen molar-refractivity contribution in [3.05, 3.63) is 34.5 Å². The average Bonchev–Trinajstić information content (AvgIpc) is 2.76. The molecule has 23 heavy (non-hydrogen) atoms. The van der Waals surface area contributed by atoms with Crippen LogP contribution >= 0.6 is 0 Å². The molecule has 1 aromatic heterocycles. The molecule has 1 aliphatic rings. The molecule has 2 aromatic rings. The highest BCUT2D eigenvalue weighted by Crippen LogP contribution is 2.28. The number of rotatable bonds is 4. The van der Waals surface area contributed by atoms with Gasteiger partial charge in [-0.1, -0.05) is 0 Å². The number of hydrogen-bond acceptors (Lipinski definition) is 3. The molecule has 1 aliphatic heterocycles. The van der Waals surface area contributed by atoms with Crippen LogP contribution in [-0.2, 0) is 13.5 Å². The molecule has 1 aromatic carbocycles. The fourth-order valence-corrected chi connectivity index (χ4v) is 3.54. The summed E-state index contributed by atoms with van der Waals surface area (Å²) in [6.07, 6.45) is 1.01. The molecule has 0 unspecified atom stereocenters. The predicted molar refractivity (Wildman–Crippen MR) is 92.4 cm³/mol. The number of hydrogen-bond donors (Lipinski definition) is 2. The van der Waals surface area contributed by atoms with Crippen molar-refractivity contribution < 1.29 is 9.90 Å². The van der Waals surface area contributed by atoms with Crippen molar-refractivity contribution in [3.63, 3.8) is 0 Å². The highest BCUT2D eigenvalue weighted by molar-refractivity contribution is 5.96. The van der Waals surface area contributed by atoms with Gasteiger partial charge in [-0.3, -0.25) is 0 Å². The first-order valence-electron chi connectivity index (χ1n) is 8.24. The molecule has 0 atom stereocenters. The number of carboxylic acid groups (broad SMARTS) is 1. The number of nitrogens with zero attached hydrogens (tertiary/aromatic N) is 2. The normalized spacial score (nSPS) is 16.1. The Morgan fingerprint density at radius 2 is 1.96 bits per heavy atom. The molecular formula is C18H25N3O2. The molecular weight excluding hydrogens is 290 g/mol. The largest absolute Gasteiger partial charge is 0.478 e. The number of aryl methyl sites for hydroxylation is 2. The fourth-order valence-electron chi connectivity index (χ4n) is 3.54. The van der Waals surface area contributed by atoms with Crippen LogP contribution in [0.4, 0.5) is 0 Å². The Morgan fingerprint density at radius 1 is 1.26 bits per heavy atom.